The van der Waals surface area contributed by atoms with Crippen molar-refractivity contribution in [3.8, 4) is 16.6 Å². The Bertz CT molecular complexity index is 818. The van der Waals surface area contributed by atoms with Gasteiger partial charge in [-0.3, -0.25) is 4.90 Å². The molecule has 0 unspecified atom stereocenters. The maximum absolute atomic E-state index is 5.11. The van der Waals surface area contributed by atoms with Crippen molar-refractivity contribution >= 4 is 11.3 Å². The number of methoxy groups -OCH3 is 1. The Kier molecular flexibility index (Phi) is 4.23. The van der Waals surface area contributed by atoms with E-state index < -0.39 is 0 Å². The molecule has 1 aliphatic heterocycles. The molecule has 0 spiro atoms. The van der Waals surface area contributed by atoms with E-state index in [0.29, 0.717) is 5.88 Å². The molecular formula is C18H18N4OS. The Hall–Kier alpha value is -2.31. The Morgan fingerprint density at radius 1 is 1.21 bits per heavy atom. The molecule has 0 amide bonds. The third-order valence-corrected chi connectivity index (χ3v) is 5.03. The number of pyridine rings is 1. The zero-order chi connectivity index (χ0) is 16.4. The third-order valence-electron chi connectivity index (χ3n) is 4.17. The molecule has 0 aliphatic carbocycles. The lowest BCUT2D eigenvalue weighted by Crippen LogP contribution is -2.31. The topological polar surface area (TPSA) is 51.1 Å². The Balaban J connectivity index is 1.47. The van der Waals surface area contributed by atoms with Crippen molar-refractivity contribution in [3.05, 3.63) is 58.9 Å². The summed E-state index contributed by atoms with van der Waals surface area (Å²) in [6.07, 6.45) is 4.82. The van der Waals surface area contributed by atoms with Crippen LogP contribution in [-0.4, -0.2) is 33.5 Å². The van der Waals surface area contributed by atoms with E-state index in [9.17, 15) is 0 Å². The molecule has 0 N–H and O–H groups in total. The lowest BCUT2D eigenvalue weighted by atomic mass is 10.1. The number of fused-ring (bicyclic) bond motifs is 1. The van der Waals surface area contributed by atoms with Gasteiger partial charge in [0, 0.05) is 50.1 Å². The van der Waals surface area contributed by atoms with E-state index in [4.69, 9.17) is 9.72 Å². The lowest BCUT2D eigenvalue weighted by Gasteiger charge is -2.27. The molecule has 6 heteroatoms. The van der Waals surface area contributed by atoms with Crippen LogP contribution in [0.5, 0.6) is 5.88 Å². The van der Waals surface area contributed by atoms with Crippen LogP contribution in [-0.2, 0) is 19.5 Å². The number of hydrogen-bond acceptors (Lipinski definition) is 6. The van der Waals surface area contributed by atoms with Gasteiger partial charge in [0.25, 0.3) is 0 Å². The van der Waals surface area contributed by atoms with E-state index >= 15 is 0 Å². The zero-order valence-electron chi connectivity index (χ0n) is 13.5. The van der Waals surface area contributed by atoms with Crippen LogP contribution in [0.3, 0.4) is 0 Å². The maximum atomic E-state index is 5.11. The summed E-state index contributed by atoms with van der Waals surface area (Å²) in [6, 6.07) is 8.08. The molecule has 3 aromatic heterocycles. The molecule has 0 aromatic carbocycles. The number of nitrogens with zero attached hydrogens (tertiary/aromatic N) is 4. The van der Waals surface area contributed by atoms with E-state index in [-0.39, 0.29) is 0 Å². The normalized spacial score (nSPS) is 14.4. The van der Waals surface area contributed by atoms with E-state index in [0.717, 1.165) is 36.8 Å². The van der Waals surface area contributed by atoms with Gasteiger partial charge in [-0.1, -0.05) is 12.1 Å². The molecule has 3 aromatic rings. The highest BCUT2D eigenvalue weighted by molar-refractivity contribution is 7.13. The minimum absolute atomic E-state index is 0.650. The summed E-state index contributed by atoms with van der Waals surface area (Å²) in [5, 5.41) is 2.06. The molecule has 0 saturated carbocycles. The molecule has 0 fully saturated rings. The first-order valence-corrected chi connectivity index (χ1v) is 8.80. The number of aromatic nitrogens is 3. The van der Waals surface area contributed by atoms with Crippen LogP contribution >= 0.6 is 11.3 Å². The first-order valence-electron chi connectivity index (χ1n) is 7.92. The van der Waals surface area contributed by atoms with Crippen LogP contribution in [0.2, 0.25) is 0 Å². The molecule has 122 valence electrons. The van der Waals surface area contributed by atoms with Gasteiger partial charge >= 0.3 is 0 Å². The van der Waals surface area contributed by atoms with Gasteiger partial charge in [0.05, 0.1) is 17.7 Å². The standard InChI is InChI=1S/C18H18N4OS/c1-23-17-5-4-13(9-19-17)11-22-7-6-15-14(12-22)10-20-18(21-15)16-3-2-8-24-16/h2-5,8-10H,6-7,11-12H2,1H3. The highest BCUT2D eigenvalue weighted by Gasteiger charge is 2.19. The smallest absolute Gasteiger partial charge is 0.212 e. The van der Waals surface area contributed by atoms with Crippen LogP contribution in [0.25, 0.3) is 10.7 Å². The predicted octanol–water partition coefficient (Wildman–Crippen LogP) is 3.17. The second-order valence-electron chi connectivity index (χ2n) is 5.81. The minimum Gasteiger partial charge on any atom is -0.481 e. The summed E-state index contributed by atoms with van der Waals surface area (Å²) in [6.45, 7) is 2.76. The fraction of sp³-hybridized carbons (Fsp3) is 0.278. The quantitative estimate of drug-likeness (QED) is 0.731. The Labute approximate surface area is 145 Å². The van der Waals surface area contributed by atoms with Gasteiger partial charge < -0.3 is 4.74 Å². The maximum Gasteiger partial charge on any atom is 0.212 e. The second kappa shape index (κ2) is 6.67. The van der Waals surface area contributed by atoms with Gasteiger partial charge in [-0.15, -0.1) is 11.3 Å². The molecule has 24 heavy (non-hydrogen) atoms. The van der Waals surface area contributed by atoms with Crippen LogP contribution in [0.4, 0.5) is 0 Å². The molecule has 4 rings (SSSR count). The molecule has 0 bridgehead atoms. The van der Waals surface area contributed by atoms with E-state index in [2.05, 4.69) is 32.4 Å². The first-order chi connectivity index (χ1) is 11.8. The minimum atomic E-state index is 0.650. The number of hydrogen-bond donors (Lipinski definition) is 0. The summed E-state index contributed by atoms with van der Waals surface area (Å²) in [4.78, 5) is 17.1. The molecule has 0 radical (unpaired) electrons. The monoisotopic (exact) mass is 338 g/mol. The van der Waals surface area contributed by atoms with Gasteiger partial charge in [0.1, 0.15) is 0 Å². The molecular weight excluding hydrogens is 320 g/mol. The van der Waals surface area contributed by atoms with Gasteiger partial charge in [-0.05, 0) is 17.0 Å². The molecule has 5 nitrogen and oxygen atoms in total. The van der Waals surface area contributed by atoms with Gasteiger partial charge in [-0.2, -0.15) is 0 Å². The summed E-state index contributed by atoms with van der Waals surface area (Å²) in [5.41, 5.74) is 3.59. The molecule has 4 heterocycles. The number of ether oxygens (including phenoxy) is 1. The van der Waals surface area contributed by atoms with Gasteiger partial charge in [0.15, 0.2) is 5.82 Å². The predicted molar refractivity (Wildman–Crippen MR) is 94.0 cm³/mol. The summed E-state index contributed by atoms with van der Waals surface area (Å²) in [5.74, 6) is 1.49. The van der Waals surface area contributed by atoms with Crippen molar-refractivity contribution in [2.45, 2.75) is 19.5 Å². The molecule has 0 atom stereocenters. The average Bonchev–Trinajstić information content (AvgIpc) is 3.17. The van der Waals surface area contributed by atoms with Crippen molar-refractivity contribution in [1.29, 1.82) is 0 Å². The largest absolute Gasteiger partial charge is 0.481 e. The van der Waals surface area contributed by atoms with Crippen molar-refractivity contribution in [1.82, 2.24) is 19.9 Å². The van der Waals surface area contributed by atoms with Gasteiger partial charge in [0.2, 0.25) is 5.88 Å². The van der Waals surface area contributed by atoms with Crippen molar-refractivity contribution in [2.75, 3.05) is 13.7 Å². The Morgan fingerprint density at radius 3 is 2.92 bits per heavy atom. The fourth-order valence-electron chi connectivity index (χ4n) is 2.92. The van der Waals surface area contributed by atoms with Crippen molar-refractivity contribution in [3.63, 3.8) is 0 Å². The highest BCUT2D eigenvalue weighted by Crippen LogP contribution is 2.24. The third kappa shape index (κ3) is 3.16. The van der Waals surface area contributed by atoms with Crippen LogP contribution in [0.1, 0.15) is 16.8 Å². The fourth-order valence-corrected chi connectivity index (χ4v) is 3.58. The zero-order valence-corrected chi connectivity index (χ0v) is 14.3. The summed E-state index contributed by atoms with van der Waals surface area (Å²) < 4.78 is 5.11. The van der Waals surface area contributed by atoms with Crippen LogP contribution in [0.15, 0.2) is 42.0 Å². The summed E-state index contributed by atoms with van der Waals surface area (Å²) >= 11 is 1.68. The SMILES string of the molecule is COc1ccc(CN2CCc3nc(-c4cccs4)ncc3C2)cn1. The van der Waals surface area contributed by atoms with Gasteiger partial charge in [-0.25, -0.2) is 15.0 Å². The lowest BCUT2D eigenvalue weighted by molar-refractivity contribution is 0.242. The first kappa shape index (κ1) is 15.2. The van der Waals surface area contributed by atoms with Crippen molar-refractivity contribution in [2.24, 2.45) is 0 Å². The second-order valence-corrected chi connectivity index (χ2v) is 6.76. The highest BCUT2D eigenvalue weighted by atomic mass is 32.1. The average molecular weight is 338 g/mol. The van der Waals surface area contributed by atoms with Crippen molar-refractivity contribution < 1.29 is 4.74 Å². The Morgan fingerprint density at radius 2 is 2.17 bits per heavy atom. The molecule has 1 aliphatic rings. The van der Waals surface area contributed by atoms with Crippen LogP contribution < -0.4 is 4.74 Å². The molecule has 0 saturated heterocycles. The number of thiophene rings is 1. The van der Waals surface area contributed by atoms with Crippen LogP contribution in [0, 0.1) is 0 Å². The van der Waals surface area contributed by atoms with E-state index in [1.807, 2.05) is 24.5 Å². The van der Waals surface area contributed by atoms with E-state index in [1.165, 1.54) is 16.8 Å². The summed E-state index contributed by atoms with van der Waals surface area (Å²) in [7, 11) is 1.63. The number of rotatable bonds is 4. The van der Waals surface area contributed by atoms with E-state index in [1.54, 1.807) is 18.4 Å².